The molecule has 0 unspecified atom stereocenters. The van der Waals surface area contributed by atoms with Gasteiger partial charge in [-0.15, -0.1) is 11.3 Å². The number of aromatic amines is 1. The van der Waals surface area contributed by atoms with Crippen LogP contribution >= 0.6 is 11.3 Å². The van der Waals surface area contributed by atoms with E-state index in [1.165, 1.54) is 21.3 Å². The van der Waals surface area contributed by atoms with Gasteiger partial charge in [0.2, 0.25) is 0 Å². The van der Waals surface area contributed by atoms with Crippen molar-refractivity contribution in [1.29, 1.82) is 0 Å². The Morgan fingerprint density at radius 2 is 1.97 bits per heavy atom. The molecule has 0 atom stereocenters. The molecule has 6 aromatic rings. The maximum atomic E-state index is 6.18. The molecule has 0 aliphatic rings. The summed E-state index contributed by atoms with van der Waals surface area (Å²) >= 11 is 1.76. The molecular formula is C21H15N7S. The van der Waals surface area contributed by atoms with E-state index in [9.17, 15) is 0 Å². The summed E-state index contributed by atoms with van der Waals surface area (Å²) in [4.78, 5) is 9.68. The molecule has 7 nitrogen and oxygen atoms in total. The van der Waals surface area contributed by atoms with Crippen molar-refractivity contribution in [2.24, 2.45) is 7.05 Å². The van der Waals surface area contributed by atoms with Crippen molar-refractivity contribution in [1.82, 2.24) is 29.9 Å². The van der Waals surface area contributed by atoms with Crippen LogP contribution in [0.3, 0.4) is 0 Å². The summed E-state index contributed by atoms with van der Waals surface area (Å²) in [7, 11) is 1.86. The Morgan fingerprint density at radius 1 is 1.07 bits per heavy atom. The molecule has 8 heteroatoms. The third-order valence-corrected chi connectivity index (χ3v) is 6.31. The first-order valence-electron chi connectivity index (χ1n) is 9.08. The topological polar surface area (TPSA) is 98.3 Å². The van der Waals surface area contributed by atoms with E-state index in [1.54, 1.807) is 16.0 Å². The molecule has 0 aliphatic heterocycles. The molecule has 4 aromatic heterocycles. The second-order valence-corrected chi connectivity index (χ2v) is 8.02. The Balaban J connectivity index is 1.66. The van der Waals surface area contributed by atoms with Crippen LogP contribution in [0.15, 0.2) is 55.0 Å². The molecule has 3 N–H and O–H groups in total. The monoisotopic (exact) mass is 397 g/mol. The molecule has 0 aliphatic carbocycles. The number of rotatable bonds is 2. The predicted octanol–water partition coefficient (Wildman–Crippen LogP) is 4.37. The molecule has 6 rings (SSSR count). The van der Waals surface area contributed by atoms with E-state index in [1.807, 2.05) is 13.2 Å². The number of aryl methyl sites for hydroxylation is 1. The van der Waals surface area contributed by atoms with Crippen LogP contribution in [0.2, 0.25) is 0 Å². The highest BCUT2D eigenvalue weighted by atomic mass is 32.1. The van der Waals surface area contributed by atoms with Crippen LogP contribution in [0.1, 0.15) is 0 Å². The van der Waals surface area contributed by atoms with Gasteiger partial charge in [-0.25, -0.2) is 14.6 Å². The fourth-order valence-corrected chi connectivity index (χ4v) is 4.90. The van der Waals surface area contributed by atoms with Gasteiger partial charge in [0.25, 0.3) is 0 Å². The molecule has 29 heavy (non-hydrogen) atoms. The summed E-state index contributed by atoms with van der Waals surface area (Å²) in [6, 6.07) is 14.8. The smallest absolute Gasteiger partial charge is 0.163 e. The van der Waals surface area contributed by atoms with Gasteiger partial charge >= 0.3 is 0 Å². The number of nitrogens with zero attached hydrogens (tertiary/aromatic N) is 5. The fraction of sp³-hybridized carbons (Fsp3) is 0.0476. The van der Waals surface area contributed by atoms with Gasteiger partial charge in [0.1, 0.15) is 17.8 Å². The first-order chi connectivity index (χ1) is 14.2. The Morgan fingerprint density at radius 3 is 2.86 bits per heavy atom. The maximum Gasteiger partial charge on any atom is 0.163 e. The van der Waals surface area contributed by atoms with Gasteiger partial charge < -0.3 is 5.73 Å². The molecule has 0 spiro atoms. The average Bonchev–Trinajstić information content (AvgIpc) is 3.44. The molecule has 0 saturated heterocycles. The fourth-order valence-electron chi connectivity index (χ4n) is 3.81. The maximum absolute atomic E-state index is 6.18. The van der Waals surface area contributed by atoms with Crippen LogP contribution in [0.25, 0.3) is 53.7 Å². The average molecular weight is 397 g/mol. The summed E-state index contributed by atoms with van der Waals surface area (Å²) in [5, 5.41) is 15.1. The quantitative estimate of drug-likeness (QED) is 0.452. The molecular weight excluding hydrogens is 382 g/mol. The van der Waals surface area contributed by atoms with Crippen molar-refractivity contribution in [2.75, 3.05) is 5.73 Å². The SMILES string of the molecule is Cn1nc(-c2cc(-c3cc4ccccc4s3)c3[nH]ncc3c2)c2c(N)ncnc21. The predicted molar refractivity (Wildman–Crippen MR) is 117 cm³/mol. The van der Waals surface area contributed by atoms with E-state index in [-0.39, 0.29) is 0 Å². The van der Waals surface area contributed by atoms with Crippen LogP contribution in [0, 0.1) is 0 Å². The van der Waals surface area contributed by atoms with E-state index in [0.717, 1.165) is 33.1 Å². The molecule has 0 bridgehead atoms. The Labute approximate surface area is 168 Å². The number of benzene rings is 2. The number of nitrogens with two attached hydrogens (primary N) is 1. The first kappa shape index (κ1) is 16.2. The van der Waals surface area contributed by atoms with Crippen LogP contribution in [0.4, 0.5) is 5.82 Å². The second kappa shape index (κ2) is 5.86. The standard InChI is InChI=1S/C21H15N7S/c1-28-21-17(20(22)23-10-24-21)19(27-28)12-6-13-9-25-26-18(13)14(7-12)16-8-11-4-2-3-5-15(11)29-16/h2-10H,1H3,(H,25,26)(H2,22,23,24). The Bertz CT molecular complexity index is 1510. The van der Waals surface area contributed by atoms with Crippen LogP contribution in [-0.2, 0) is 7.05 Å². The molecule has 140 valence electrons. The lowest BCUT2D eigenvalue weighted by atomic mass is 10.0. The number of nitrogens with one attached hydrogen (secondary N) is 1. The second-order valence-electron chi connectivity index (χ2n) is 6.94. The third-order valence-electron chi connectivity index (χ3n) is 5.16. The minimum atomic E-state index is 0.425. The molecule has 0 radical (unpaired) electrons. The lowest BCUT2D eigenvalue weighted by Crippen LogP contribution is -1.95. The normalized spacial score (nSPS) is 11.8. The molecule has 2 aromatic carbocycles. The van der Waals surface area contributed by atoms with E-state index in [0.29, 0.717) is 11.5 Å². The van der Waals surface area contributed by atoms with Gasteiger partial charge in [-0.2, -0.15) is 10.2 Å². The van der Waals surface area contributed by atoms with Crippen molar-refractivity contribution in [3.63, 3.8) is 0 Å². The zero-order valence-corrected chi connectivity index (χ0v) is 16.2. The van der Waals surface area contributed by atoms with Crippen LogP contribution in [0.5, 0.6) is 0 Å². The summed E-state index contributed by atoms with van der Waals surface area (Å²) in [5.74, 6) is 0.425. The van der Waals surface area contributed by atoms with Crippen molar-refractivity contribution in [3.05, 3.63) is 55.0 Å². The van der Waals surface area contributed by atoms with Gasteiger partial charge in [-0.3, -0.25) is 5.10 Å². The highest BCUT2D eigenvalue weighted by Crippen LogP contribution is 2.40. The minimum Gasteiger partial charge on any atom is -0.383 e. The first-order valence-corrected chi connectivity index (χ1v) is 9.90. The minimum absolute atomic E-state index is 0.425. The number of hydrogen-bond donors (Lipinski definition) is 2. The number of anilines is 1. The number of nitrogen functional groups attached to an aromatic ring is 1. The molecule has 0 saturated carbocycles. The van der Waals surface area contributed by atoms with Crippen molar-refractivity contribution < 1.29 is 0 Å². The zero-order chi connectivity index (χ0) is 19.5. The summed E-state index contributed by atoms with van der Waals surface area (Å²) in [6.07, 6.45) is 3.30. The van der Waals surface area contributed by atoms with E-state index >= 15 is 0 Å². The van der Waals surface area contributed by atoms with Crippen molar-refractivity contribution >= 4 is 49.2 Å². The highest BCUT2D eigenvalue weighted by molar-refractivity contribution is 7.22. The van der Waals surface area contributed by atoms with Gasteiger partial charge in [0.15, 0.2) is 5.65 Å². The summed E-state index contributed by atoms with van der Waals surface area (Å²) in [5.41, 5.74) is 10.7. The lowest BCUT2D eigenvalue weighted by Gasteiger charge is -2.05. The Kier molecular flexibility index (Phi) is 3.27. The van der Waals surface area contributed by atoms with E-state index in [4.69, 9.17) is 10.8 Å². The number of thiophene rings is 1. The van der Waals surface area contributed by atoms with Crippen molar-refractivity contribution in [3.8, 4) is 21.7 Å². The molecule has 0 amide bonds. The summed E-state index contributed by atoms with van der Waals surface area (Å²) < 4.78 is 2.99. The lowest BCUT2D eigenvalue weighted by molar-refractivity contribution is 0.789. The van der Waals surface area contributed by atoms with Crippen LogP contribution < -0.4 is 5.73 Å². The molecule has 0 fully saturated rings. The summed E-state index contributed by atoms with van der Waals surface area (Å²) in [6.45, 7) is 0. The van der Waals surface area contributed by atoms with Crippen molar-refractivity contribution in [2.45, 2.75) is 0 Å². The van der Waals surface area contributed by atoms with Gasteiger partial charge in [-0.05, 0) is 29.7 Å². The number of hydrogen-bond acceptors (Lipinski definition) is 6. The largest absolute Gasteiger partial charge is 0.383 e. The third kappa shape index (κ3) is 2.36. The van der Waals surface area contributed by atoms with Crippen LogP contribution in [-0.4, -0.2) is 29.9 Å². The number of H-pyrrole nitrogens is 1. The Hall–Kier alpha value is -3.78. The van der Waals surface area contributed by atoms with E-state index < -0.39 is 0 Å². The highest BCUT2D eigenvalue weighted by Gasteiger charge is 2.18. The van der Waals surface area contributed by atoms with Gasteiger partial charge in [0.05, 0.1) is 17.1 Å². The molecule has 4 heterocycles. The van der Waals surface area contributed by atoms with Gasteiger partial charge in [0, 0.05) is 33.1 Å². The zero-order valence-electron chi connectivity index (χ0n) is 15.4. The van der Waals surface area contributed by atoms with E-state index in [2.05, 4.69) is 62.6 Å². The van der Waals surface area contributed by atoms with Gasteiger partial charge in [-0.1, -0.05) is 18.2 Å². The number of aromatic nitrogens is 6. The number of fused-ring (bicyclic) bond motifs is 3.